The van der Waals surface area contributed by atoms with E-state index in [4.69, 9.17) is 4.74 Å². The van der Waals surface area contributed by atoms with Crippen LogP contribution in [0.4, 0.5) is 0 Å². The van der Waals surface area contributed by atoms with E-state index in [9.17, 15) is 9.59 Å². The Morgan fingerprint density at radius 2 is 1.73 bits per heavy atom. The van der Waals surface area contributed by atoms with E-state index in [0.717, 1.165) is 49.1 Å². The monoisotopic (exact) mass is 406 g/mol. The Hall–Kier alpha value is -2.82. The summed E-state index contributed by atoms with van der Waals surface area (Å²) in [6.45, 7) is 6.19. The maximum absolute atomic E-state index is 12.9. The van der Waals surface area contributed by atoms with Gasteiger partial charge in [-0.2, -0.15) is 0 Å². The molecule has 2 aromatic rings. The number of piperidine rings is 1. The molecule has 0 bridgehead atoms. The normalized spacial score (nSPS) is 18.7. The molecule has 0 unspecified atom stereocenters. The van der Waals surface area contributed by atoms with E-state index in [2.05, 4.69) is 12.2 Å². The fourth-order valence-electron chi connectivity index (χ4n) is 3.86. The number of likely N-dealkylation sites (tertiary alicyclic amines) is 1. The molecule has 1 heterocycles. The quantitative estimate of drug-likeness (QED) is 0.785. The van der Waals surface area contributed by atoms with Crippen LogP contribution in [0, 0.1) is 19.8 Å². The largest absolute Gasteiger partial charge is 0.493 e. The third-order valence-electron chi connectivity index (χ3n) is 6.07. The van der Waals surface area contributed by atoms with Gasteiger partial charge in [-0.05, 0) is 87.1 Å². The molecule has 2 fully saturated rings. The lowest BCUT2D eigenvalue weighted by Crippen LogP contribution is -2.41. The van der Waals surface area contributed by atoms with Gasteiger partial charge >= 0.3 is 0 Å². The van der Waals surface area contributed by atoms with E-state index in [1.165, 1.54) is 5.56 Å². The summed E-state index contributed by atoms with van der Waals surface area (Å²) in [5, 5.41) is 2.99. The van der Waals surface area contributed by atoms with Crippen molar-refractivity contribution < 1.29 is 14.3 Å². The predicted molar refractivity (Wildman–Crippen MR) is 117 cm³/mol. The maximum atomic E-state index is 12.9. The highest BCUT2D eigenvalue weighted by atomic mass is 16.5. The van der Waals surface area contributed by atoms with Gasteiger partial charge in [-0.15, -0.1) is 0 Å². The number of ether oxygens (including phenoxy) is 1. The van der Waals surface area contributed by atoms with Gasteiger partial charge in [0.05, 0.1) is 6.61 Å². The van der Waals surface area contributed by atoms with Crippen LogP contribution in [-0.4, -0.2) is 42.5 Å². The van der Waals surface area contributed by atoms with Crippen molar-refractivity contribution in [2.75, 3.05) is 19.7 Å². The van der Waals surface area contributed by atoms with Gasteiger partial charge in [-0.3, -0.25) is 9.59 Å². The standard InChI is InChI=1S/C25H30N2O3/c1-17-5-6-21(14-18(17)2)25(29)27-13-3-4-19(15-27)16-30-23-11-7-20(8-12-23)24(28)26-22-9-10-22/h5-8,11-12,14,19,22H,3-4,9-10,13,15-16H2,1-2H3,(H,26,28)/t19-/m0/s1. The summed E-state index contributed by atoms with van der Waals surface area (Å²) in [6.07, 6.45) is 4.21. The first-order valence-electron chi connectivity index (χ1n) is 10.9. The number of carbonyl (C=O) groups is 2. The molecule has 5 heteroatoms. The summed E-state index contributed by atoms with van der Waals surface area (Å²) >= 11 is 0. The van der Waals surface area contributed by atoms with Gasteiger partial charge in [0.15, 0.2) is 0 Å². The van der Waals surface area contributed by atoms with Crippen LogP contribution in [0.15, 0.2) is 42.5 Å². The molecule has 1 saturated heterocycles. The van der Waals surface area contributed by atoms with E-state index >= 15 is 0 Å². The second kappa shape index (κ2) is 8.90. The number of aryl methyl sites for hydroxylation is 2. The summed E-state index contributed by atoms with van der Waals surface area (Å²) in [4.78, 5) is 26.9. The first kappa shape index (κ1) is 20.5. The van der Waals surface area contributed by atoms with Crippen molar-refractivity contribution in [2.24, 2.45) is 5.92 Å². The zero-order valence-electron chi connectivity index (χ0n) is 17.8. The summed E-state index contributed by atoms with van der Waals surface area (Å²) in [5.74, 6) is 1.16. The van der Waals surface area contributed by atoms with Crippen molar-refractivity contribution in [3.8, 4) is 5.75 Å². The zero-order chi connectivity index (χ0) is 21.1. The molecule has 4 rings (SSSR count). The molecule has 0 spiro atoms. The zero-order valence-corrected chi connectivity index (χ0v) is 17.8. The van der Waals surface area contributed by atoms with E-state index < -0.39 is 0 Å². The topological polar surface area (TPSA) is 58.6 Å². The summed E-state index contributed by atoms with van der Waals surface area (Å²) in [7, 11) is 0. The molecule has 1 N–H and O–H groups in total. The van der Waals surface area contributed by atoms with Gasteiger partial charge in [0, 0.05) is 36.2 Å². The molecule has 5 nitrogen and oxygen atoms in total. The lowest BCUT2D eigenvalue weighted by Gasteiger charge is -2.32. The van der Waals surface area contributed by atoms with E-state index in [-0.39, 0.29) is 11.8 Å². The van der Waals surface area contributed by atoms with Gasteiger partial charge < -0.3 is 15.0 Å². The average molecular weight is 407 g/mol. The number of hydrogen-bond donors (Lipinski definition) is 1. The van der Waals surface area contributed by atoms with Crippen molar-refractivity contribution in [2.45, 2.75) is 45.6 Å². The van der Waals surface area contributed by atoms with Crippen LogP contribution in [0.1, 0.15) is 57.5 Å². The third-order valence-corrected chi connectivity index (χ3v) is 6.07. The molecule has 1 aliphatic carbocycles. The lowest BCUT2D eigenvalue weighted by atomic mass is 9.97. The maximum Gasteiger partial charge on any atom is 0.253 e. The number of benzene rings is 2. The number of nitrogens with one attached hydrogen (secondary N) is 1. The number of nitrogens with zero attached hydrogens (tertiary/aromatic N) is 1. The number of rotatable bonds is 6. The molecular weight excluding hydrogens is 376 g/mol. The highest BCUT2D eigenvalue weighted by Crippen LogP contribution is 2.22. The third kappa shape index (κ3) is 5.02. The van der Waals surface area contributed by atoms with Crippen molar-refractivity contribution in [1.82, 2.24) is 10.2 Å². The van der Waals surface area contributed by atoms with Crippen molar-refractivity contribution in [3.63, 3.8) is 0 Å². The van der Waals surface area contributed by atoms with Gasteiger partial charge in [-0.1, -0.05) is 6.07 Å². The van der Waals surface area contributed by atoms with Gasteiger partial charge in [0.2, 0.25) is 0 Å². The molecule has 2 aliphatic rings. The Labute approximate surface area is 178 Å². The summed E-state index contributed by atoms with van der Waals surface area (Å²) < 4.78 is 5.97. The van der Waals surface area contributed by atoms with Crippen LogP contribution in [-0.2, 0) is 0 Å². The molecule has 158 valence electrons. The Morgan fingerprint density at radius 1 is 1.00 bits per heavy atom. The van der Waals surface area contributed by atoms with E-state index in [1.54, 1.807) is 0 Å². The Kier molecular flexibility index (Phi) is 6.07. The number of hydrogen-bond acceptors (Lipinski definition) is 3. The minimum atomic E-state index is -0.0168. The fourth-order valence-corrected chi connectivity index (χ4v) is 3.86. The highest BCUT2D eigenvalue weighted by molar-refractivity contribution is 5.95. The average Bonchev–Trinajstić information content (AvgIpc) is 3.58. The molecule has 1 atom stereocenters. The molecule has 1 saturated carbocycles. The fraction of sp³-hybridized carbons (Fsp3) is 0.440. The number of amides is 2. The first-order chi connectivity index (χ1) is 14.5. The minimum absolute atomic E-state index is 0.0168. The molecule has 2 amide bonds. The van der Waals surface area contributed by atoms with Crippen molar-refractivity contribution in [3.05, 3.63) is 64.7 Å². The minimum Gasteiger partial charge on any atom is -0.493 e. The molecule has 2 aromatic carbocycles. The van der Waals surface area contributed by atoms with Gasteiger partial charge in [-0.25, -0.2) is 0 Å². The van der Waals surface area contributed by atoms with Gasteiger partial charge in [0.25, 0.3) is 11.8 Å². The van der Waals surface area contributed by atoms with Crippen LogP contribution in [0.3, 0.4) is 0 Å². The van der Waals surface area contributed by atoms with Crippen LogP contribution >= 0.6 is 0 Å². The smallest absolute Gasteiger partial charge is 0.253 e. The van der Waals surface area contributed by atoms with Crippen LogP contribution < -0.4 is 10.1 Å². The van der Waals surface area contributed by atoms with Crippen molar-refractivity contribution >= 4 is 11.8 Å². The second-order valence-electron chi connectivity index (χ2n) is 8.64. The molecular formula is C25H30N2O3. The SMILES string of the molecule is Cc1ccc(C(=O)N2CCC[C@H](COc3ccc(C(=O)NC4CC4)cc3)C2)cc1C. The molecule has 0 radical (unpaired) electrons. The van der Waals surface area contributed by atoms with Crippen LogP contribution in [0.25, 0.3) is 0 Å². The summed E-state index contributed by atoms with van der Waals surface area (Å²) in [5.41, 5.74) is 3.77. The number of carbonyl (C=O) groups excluding carboxylic acids is 2. The van der Waals surface area contributed by atoms with Crippen molar-refractivity contribution in [1.29, 1.82) is 0 Å². The van der Waals surface area contributed by atoms with Crippen LogP contribution in [0.5, 0.6) is 5.75 Å². The Morgan fingerprint density at radius 3 is 2.43 bits per heavy atom. The van der Waals surface area contributed by atoms with Crippen LogP contribution in [0.2, 0.25) is 0 Å². The first-order valence-corrected chi connectivity index (χ1v) is 10.9. The lowest BCUT2D eigenvalue weighted by molar-refractivity contribution is 0.0633. The summed E-state index contributed by atoms with van der Waals surface area (Å²) in [6, 6.07) is 13.6. The molecule has 30 heavy (non-hydrogen) atoms. The Bertz CT molecular complexity index is 918. The highest BCUT2D eigenvalue weighted by Gasteiger charge is 2.26. The van der Waals surface area contributed by atoms with Gasteiger partial charge in [0.1, 0.15) is 5.75 Å². The predicted octanol–water partition coefficient (Wildman–Crippen LogP) is 4.13. The molecule has 0 aromatic heterocycles. The second-order valence-corrected chi connectivity index (χ2v) is 8.64. The van der Waals surface area contributed by atoms with E-state index in [0.29, 0.717) is 30.7 Å². The Balaban J connectivity index is 1.30. The van der Waals surface area contributed by atoms with E-state index in [1.807, 2.05) is 54.3 Å². The molecule has 1 aliphatic heterocycles.